The molecule has 0 unspecified atom stereocenters. The van der Waals surface area contributed by atoms with E-state index in [1.165, 1.54) is 29.6 Å². The molecule has 90 valence electrons. The van der Waals surface area contributed by atoms with Crippen molar-refractivity contribution in [3.8, 4) is 0 Å². The molecule has 0 aromatic carbocycles. The van der Waals surface area contributed by atoms with Gasteiger partial charge in [-0.1, -0.05) is 0 Å². The normalized spacial score (nSPS) is 10.6. The molecule has 0 aliphatic rings. The fourth-order valence-electron chi connectivity index (χ4n) is 1.10. The van der Waals surface area contributed by atoms with Gasteiger partial charge in [0.2, 0.25) is 0 Å². The first-order chi connectivity index (χ1) is 8.28. The molecule has 0 aliphatic carbocycles. The third kappa shape index (κ3) is 3.62. The number of hydrogen-bond acceptors (Lipinski definition) is 8. The summed E-state index contributed by atoms with van der Waals surface area (Å²) >= 11 is 2.73. The molecule has 2 heterocycles. The van der Waals surface area contributed by atoms with E-state index in [0.29, 0.717) is 24.9 Å². The van der Waals surface area contributed by atoms with Crippen LogP contribution in [0.2, 0.25) is 0 Å². The van der Waals surface area contributed by atoms with Gasteiger partial charge in [0.25, 0.3) is 0 Å². The Morgan fingerprint density at radius 3 is 3.06 bits per heavy atom. The highest BCUT2D eigenvalue weighted by molar-refractivity contribution is 8.00. The van der Waals surface area contributed by atoms with Gasteiger partial charge in [0.1, 0.15) is 23.8 Å². The number of aromatic nitrogens is 4. The summed E-state index contributed by atoms with van der Waals surface area (Å²) < 4.78 is 10.00. The van der Waals surface area contributed by atoms with Gasteiger partial charge in [0.05, 0.1) is 0 Å². The topological polar surface area (TPSA) is 86.8 Å². The van der Waals surface area contributed by atoms with Gasteiger partial charge >= 0.3 is 0 Å². The molecular formula is C9H11N5OS2. The molecule has 0 amide bonds. The molecule has 2 rings (SSSR count). The van der Waals surface area contributed by atoms with E-state index in [1.807, 2.05) is 6.92 Å². The predicted octanol–water partition coefficient (Wildman–Crippen LogP) is 1.60. The molecule has 8 heteroatoms. The lowest BCUT2D eigenvalue weighted by atomic mass is 10.5. The van der Waals surface area contributed by atoms with Crippen LogP contribution in [0, 0.1) is 0 Å². The van der Waals surface area contributed by atoms with E-state index in [9.17, 15) is 0 Å². The first-order valence-electron chi connectivity index (χ1n) is 4.93. The van der Waals surface area contributed by atoms with Crippen LogP contribution in [-0.2, 0) is 11.3 Å². The van der Waals surface area contributed by atoms with Gasteiger partial charge in [0.15, 0.2) is 10.2 Å². The van der Waals surface area contributed by atoms with E-state index in [-0.39, 0.29) is 0 Å². The van der Waals surface area contributed by atoms with Gasteiger partial charge in [-0.2, -0.15) is 4.37 Å². The van der Waals surface area contributed by atoms with Gasteiger partial charge in [0, 0.05) is 12.7 Å². The Labute approximate surface area is 107 Å². The van der Waals surface area contributed by atoms with E-state index in [1.54, 1.807) is 6.07 Å². The highest BCUT2D eigenvalue weighted by Gasteiger charge is 2.06. The Kier molecular flexibility index (Phi) is 4.24. The summed E-state index contributed by atoms with van der Waals surface area (Å²) in [7, 11) is 0. The molecule has 0 spiro atoms. The van der Waals surface area contributed by atoms with Crippen molar-refractivity contribution >= 4 is 29.1 Å². The smallest absolute Gasteiger partial charge is 0.175 e. The second-order valence-electron chi connectivity index (χ2n) is 2.99. The quantitative estimate of drug-likeness (QED) is 0.825. The Balaban J connectivity index is 2.13. The predicted molar refractivity (Wildman–Crippen MR) is 65.8 cm³/mol. The standard InChI is InChI=1S/C9H11N5OS2/c1-2-15-4-7-13-6(10)3-8(14-7)16-9-11-5-12-17-9/h3,5H,2,4H2,1H3,(H2,10,13,14). The van der Waals surface area contributed by atoms with Crippen molar-refractivity contribution in [1.29, 1.82) is 0 Å². The summed E-state index contributed by atoms with van der Waals surface area (Å²) in [6, 6.07) is 1.71. The summed E-state index contributed by atoms with van der Waals surface area (Å²) in [4.78, 5) is 12.5. The van der Waals surface area contributed by atoms with E-state index in [4.69, 9.17) is 10.5 Å². The largest absolute Gasteiger partial charge is 0.384 e. The van der Waals surface area contributed by atoms with E-state index < -0.39 is 0 Å². The molecule has 6 nitrogen and oxygen atoms in total. The molecule has 17 heavy (non-hydrogen) atoms. The zero-order chi connectivity index (χ0) is 12.1. The highest BCUT2D eigenvalue weighted by Crippen LogP contribution is 2.27. The molecule has 0 saturated heterocycles. The van der Waals surface area contributed by atoms with E-state index in [0.717, 1.165) is 9.37 Å². The molecule has 0 atom stereocenters. The third-order valence-corrected chi connectivity index (χ3v) is 3.37. The second-order valence-corrected chi connectivity index (χ2v) is 5.04. The first-order valence-corrected chi connectivity index (χ1v) is 6.52. The number of ether oxygens (including phenoxy) is 1. The summed E-state index contributed by atoms with van der Waals surface area (Å²) in [6.07, 6.45) is 1.51. The zero-order valence-electron chi connectivity index (χ0n) is 9.16. The third-order valence-electron chi connectivity index (χ3n) is 1.74. The van der Waals surface area contributed by atoms with Crippen molar-refractivity contribution in [2.45, 2.75) is 22.9 Å². The number of anilines is 1. The molecule has 2 aromatic rings. The minimum Gasteiger partial charge on any atom is -0.384 e. The molecular weight excluding hydrogens is 258 g/mol. The molecule has 0 aliphatic heterocycles. The Morgan fingerprint density at radius 1 is 1.47 bits per heavy atom. The summed E-state index contributed by atoms with van der Waals surface area (Å²) in [5.74, 6) is 1.01. The lowest BCUT2D eigenvalue weighted by Gasteiger charge is -2.04. The molecule has 0 fully saturated rings. The van der Waals surface area contributed by atoms with Crippen molar-refractivity contribution < 1.29 is 4.74 Å². The van der Waals surface area contributed by atoms with E-state index >= 15 is 0 Å². The highest BCUT2D eigenvalue weighted by atomic mass is 32.2. The number of rotatable bonds is 5. The maximum absolute atomic E-state index is 5.71. The van der Waals surface area contributed by atoms with Gasteiger partial charge in [-0.3, -0.25) is 0 Å². The molecule has 0 radical (unpaired) electrons. The van der Waals surface area contributed by atoms with Crippen molar-refractivity contribution in [3.05, 3.63) is 18.2 Å². The fraction of sp³-hybridized carbons (Fsp3) is 0.333. The number of nitrogens with zero attached hydrogens (tertiary/aromatic N) is 4. The Morgan fingerprint density at radius 2 is 2.35 bits per heavy atom. The van der Waals surface area contributed by atoms with Gasteiger partial charge in [-0.05, 0) is 30.2 Å². The van der Waals surface area contributed by atoms with Crippen LogP contribution in [0.3, 0.4) is 0 Å². The number of hydrogen-bond donors (Lipinski definition) is 1. The fourth-order valence-corrected chi connectivity index (χ4v) is 2.52. The maximum atomic E-state index is 5.71. The van der Waals surface area contributed by atoms with Crippen LogP contribution >= 0.6 is 23.3 Å². The minimum atomic E-state index is 0.366. The van der Waals surface area contributed by atoms with Crippen molar-refractivity contribution in [2.75, 3.05) is 12.3 Å². The van der Waals surface area contributed by atoms with Crippen LogP contribution in [0.1, 0.15) is 12.7 Å². The van der Waals surface area contributed by atoms with Crippen LogP contribution in [0.5, 0.6) is 0 Å². The molecule has 0 saturated carbocycles. The molecule has 2 N–H and O–H groups in total. The van der Waals surface area contributed by atoms with Gasteiger partial charge < -0.3 is 10.5 Å². The summed E-state index contributed by atoms with van der Waals surface area (Å²) in [6.45, 7) is 2.91. The lowest BCUT2D eigenvalue weighted by Crippen LogP contribution is -2.03. The Bertz CT molecular complexity index is 476. The van der Waals surface area contributed by atoms with Crippen molar-refractivity contribution in [2.24, 2.45) is 0 Å². The lowest BCUT2D eigenvalue weighted by molar-refractivity contribution is 0.128. The van der Waals surface area contributed by atoms with Gasteiger partial charge in [-0.15, -0.1) is 0 Å². The second kappa shape index (κ2) is 5.89. The summed E-state index contributed by atoms with van der Waals surface area (Å²) in [5.41, 5.74) is 5.71. The van der Waals surface area contributed by atoms with Crippen molar-refractivity contribution in [1.82, 2.24) is 19.3 Å². The van der Waals surface area contributed by atoms with Crippen LogP contribution in [0.4, 0.5) is 5.82 Å². The number of nitrogen functional groups attached to an aromatic ring is 1. The van der Waals surface area contributed by atoms with Crippen LogP contribution in [-0.4, -0.2) is 25.9 Å². The van der Waals surface area contributed by atoms with Crippen LogP contribution in [0.15, 0.2) is 21.8 Å². The monoisotopic (exact) mass is 269 g/mol. The maximum Gasteiger partial charge on any atom is 0.175 e. The van der Waals surface area contributed by atoms with E-state index in [2.05, 4.69) is 19.3 Å². The number of nitrogens with two attached hydrogens (primary N) is 1. The molecule has 0 bridgehead atoms. The van der Waals surface area contributed by atoms with Crippen LogP contribution in [0.25, 0.3) is 0 Å². The zero-order valence-corrected chi connectivity index (χ0v) is 10.8. The van der Waals surface area contributed by atoms with Gasteiger partial charge in [-0.25, -0.2) is 15.0 Å². The van der Waals surface area contributed by atoms with Crippen LogP contribution < -0.4 is 5.73 Å². The Hall–Kier alpha value is -1.25. The average molecular weight is 269 g/mol. The molecule has 2 aromatic heterocycles. The first kappa shape index (κ1) is 12.2. The minimum absolute atomic E-state index is 0.366. The summed E-state index contributed by atoms with van der Waals surface area (Å²) in [5, 5.41) is 0.754. The van der Waals surface area contributed by atoms with Crippen molar-refractivity contribution in [3.63, 3.8) is 0 Å². The SMILES string of the molecule is CCOCc1nc(N)cc(Sc2ncns2)n1. The average Bonchev–Trinajstić information content (AvgIpc) is 2.78.